The highest BCUT2D eigenvalue weighted by Gasteiger charge is 1.99. The van der Waals surface area contributed by atoms with E-state index in [0.29, 0.717) is 5.78 Å². The summed E-state index contributed by atoms with van der Waals surface area (Å²) in [6.45, 7) is 4.09. The molecule has 2 unspecified atom stereocenters. The lowest BCUT2D eigenvalue weighted by atomic mass is 10.6. The monoisotopic (exact) mass is 149 g/mol. The molecule has 0 rings (SSSR count). The summed E-state index contributed by atoms with van der Waals surface area (Å²) in [5.41, 5.74) is 0. The first-order valence-corrected chi connectivity index (χ1v) is 4.37. The quantitative estimate of drug-likeness (QED) is 0.566. The zero-order chi connectivity index (χ0) is 7.28. The Balaban J connectivity index is 3.16. The van der Waals surface area contributed by atoms with Crippen molar-refractivity contribution in [3.63, 3.8) is 0 Å². The van der Waals surface area contributed by atoms with E-state index < -0.39 is 5.97 Å². The lowest BCUT2D eigenvalue weighted by molar-refractivity contribution is -0.135. The van der Waals surface area contributed by atoms with Crippen LogP contribution >= 0.6 is 8.58 Å². The van der Waals surface area contributed by atoms with Crippen LogP contribution < -0.4 is 5.32 Å². The van der Waals surface area contributed by atoms with Gasteiger partial charge in [0.05, 0.1) is 6.54 Å². The first-order chi connectivity index (χ1) is 4.16. The zero-order valence-corrected chi connectivity index (χ0v) is 6.64. The van der Waals surface area contributed by atoms with Crippen molar-refractivity contribution in [3.05, 3.63) is 0 Å². The van der Waals surface area contributed by atoms with Crippen LogP contribution in [0.3, 0.4) is 0 Å². The first kappa shape index (κ1) is 8.86. The van der Waals surface area contributed by atoms with Gasteiger partial charge in [-0.1, -0.05) is 0 Å². The molecule has 0 bridgehead atoms. The average Bonchev–Trinajstić information content (AvgIpc) is 1.83. The summed E-state index contributed by atoms with van der Waals surface area (Å²) in [4.78, 5) is 9.96. The van der Waals surface area contributed by atoms with E-state index in [4.69, 9.17) is 5.11 Å². The summed E-state index contributed by atoms with van der Waals surface area (Å²) in [6, 6.07) is 0. The Labute approximate surface area is 56.6 Å². The summed E-state index contributed by atoms with van der Waals surface area (Å²) in [7, 11) is 0.757. The molecule has 2 atom stereocenters. The molecule has 0 fully saturated rings. The van der Waals surface area contributed by atoms with E-state index >= 15 is 0 Å². The summed E-state index contributed by atoms with van der Waals surface area (Å²) < 4.78 is 0. The van der Waals surface area contributed by atoms with Gasteiger partial charge in [-0.25, -0.2) is 0 Å². The van der Waals surface area contributed by atoms with E-state index in [9.17, 15) is 4.79 Å². The number of nitrogens with one attached hydrogen (secondary N) is 1. The van der Waals surface area contributed by atoms with Crippen molar-refractivity contribution in [1.82, 2.24) is 5.32 Å². The molecular formula is C5H12NO2P. The van der Waals surface area contributed by atoms with Crippen LogP contribution in [0.5, 0.6) is 0 Å². The van der Waals surface area contributed by atoms with E-state index in [0.717, 1.165) is 8.58 Å². The molecule has 4 heteroatoms. The summed E-state index contributed by atoms with van der Waals surface area (Å²) >= 11 is 0. The van der Waals surface area contributed by atoms with E-state index in [1.165, 1.54) is 0 Å². The maximum Gasteiger partial charge on any atom is 0.317 e. The maximum absolute atomic E-state index is 9.96. The molecule has 0 spiro atoms. The molecule has 0 aliphatic heterocycles. The van der Waals surface area contributed by atoms with Gasteiger partial charge in [-0.3, -0.25) is 4.79 Å². The van der Waals surface area contributed by atoms with E-state index in [-0.39, 0.29) is 6.54 Å². The molecule has 0 heterocycles. The second kappa shape index (κ2) is 4.71. The van der Waals surface area contributed by atoms with Crippen LogP contribution in [0.15, 0.2) is 0 Å². The number of carbonyl (C=O) groups is 1. The summed E-state index contributed by atoms with van der Waals surface area (Å²) in [5, 5.41) is 11.0. The van der Waals surface area contributed by atoms with Crippen LogP contribution in [-0.2, 0) is 4.79 Å². The Morgan fingerprint density at radius 2 is 2.44 bits per heavy atom. The lowest BCUT2D eigenvalue weighted by Crippen LogP contribution is -2.27. The predicted molar refractivity (Wildman–Crippen MR) is 39.3 cm³/mol. The SMILES string of the molecule is CPC(C)NCC(=O)O. The molecule has 0 aliphatic rings. The van der Waals surface area contributed by atoms with E-state index in [1.54, 1.807) is 0 Å². The lowest BCUT2D eigenvalue weighted by Gasteiger charge is -2.07. The van der Waals surface area contributed by atoms with Gasteiger partial charge >= 0.3 is 5.97 Å². The third kappa shape index (κ3) is 5.74. The number of hydrogen-bond acceptors (Lipinski definition) is 2. The number of rotatable bonds is 4. The second-order valence-electron chi connectivity index (χ2n) is 1.79. The van der Waals surface area contributed by atoms with Crippen molar-refractivity contribution in [3.8, 4) is 0 Å². The largest absolute Gasteiger partial charge is 0.480 e. The molecule has 0 amide bonds. The highest BCUT2D eigenvalue weighted by Crippen LogP contribution is 2.07. The maximum atomic E-state index is 9.96. The second-order valence-corrected chi connectivity index (χ2v) is 3.23. The Kier molecular flexibility index (Phi) is 4.64. The van der Waals surface area contributed by atoms with Gasteiger partial charge in [-0.2, -0.15) is 0 Å². The first-order valence-electron chi connectivity index (χ1n) is 2.79. The normalized spacial score (nSPS) is 14.4. The topological polar surface area (TPSA) is 49.3 Å². The summed E-state index contributed by atoms with van der Waals surface area (Å²) in [5.74, 6) is -0.457. The molecule has 9 heavy (non-hydrogen) atoms. The van der Waals surface area contributed by atoms with Gasteiger partial charge in [-0.05, 0) is 13.6 Å². The van der Waals surface area contributed by atoms with Crippen LogP contribution in [0.25, 0.3) is 0 Å². The van der Waals surface area contributed by atoms with Crippen molar-refractivity contribution in [2.75, 3.05) is 13.2 Å². The highest BCUT2D eigenvalue weighted by atomic mass is 31.1. The third-order valence-electron chi connectivity index (χ3n) is 0.992. The molecular weight excluding hydrogens is 137 g/mol. The van der Waals surface area contributed by atoms with Crippen molar-refractivity contribution in [1.29, 1.82) is 0 Å². The van der Waals surface area contributed by atoms with E-state index in [2.05, 4.69) is 5.32 Å². The fourth-order valence-electron chi connectivity index (χ4n) is 0.342. The molecule has 0 aromatic carbocycles. The standard InChI is InChI=1S/C5H12NO2P/c1-4(9-2)6-3-5(7)8/h4,6,9H,3H2,1-2H3,(H,7,8). The minimum absolute atomic E-state index is 0.0714. The van der Waals surface area contributed by atoms with Crippen LogP contribution in [0.2, 0.25) is 0 Å². The van der Waals surface area contributed by atoms with Crippen LogP contribution in [0.1, 0.15) is 6.92 Å². The molecule has 2 N–H and O–H groups in total. The molecule has 54 valence electrons. The summed E-state index contributed by atoms with van der Waals surface area (Å²) in [6.07, 6.45) is 0. The van der Waals surface area contributed by atoms with Gasteiger partial charge in [0, 0.05) is 5.78 Å². The Morgan fingerprint density at radius 1 is 1.89 bits per heavy atom. The molecule has 0 radical (unpaired) electrons. The Morgan fingerprint density at radius 3 is 2.78 bits per heavy atom. The molecule has 0 aromatic rings. The molecule has 0 saturated heterocycles. The smallest absolute Gasteiger partial charge is 0.317 e. The number of hydrogen-bond donors (Lipinski definition) is 2. The van der Waals surface area contributed by atoms with Crippen molar-refractivity contribution in [2.24, 2.45) is 0 Å². The van der Waals surface area contributed by atoms with Gasteiger partial charge in [0.15, 0.2) is 0 Å². The molecule has 0 aromatic heterocycles. The molecule has 0 saturated carbocycles. The van der Waals surface area contributed by atoms with Gasteiger partial charge in [0.25, 0.3) is 0 Å². The van der Waals surface area contributed by atoms with Gasteiger partial charge in [0.1, 0.15) is 0 Å². The van der Waals surface area contributed by atoms with Crippen LogP contribution in [0, 0.1) is 0 Å². The predicted octanol–water partition coefficient (Wildman–Crippen LogP) is 0.315. The zero-order valence-electron chi connectivity index (χ0n) is 5.64. The fraction of sp³-hybridized carbons (Fsp3) is 0.800. The van der Waals surface area contributed by atoms with E-state index in [1.807, 2.05) is 13.6 Å². The number of carboxylic acids is 1. The average molecular weight is 149 g/mol. The molecule has 0 aliphatic carbocycles. The van der Waals surface area contributed by atoms with Gasteiger partial charge < -0.3 is 10.4 Å². The van der Waals surface area contributed by atoms with Crippen molar-refractivity contribution in [2.45, 2.75) is 12.7 Å². The Bertz CT molecular complexity index is 97.0. The van der Waals surface area contributed by atoms with Crippen LogP contribution in [0.4, 0.5) is 0 Å². The minimum atomic E-state index is -0.792. The van der Waals surface area contributed by atoms with Crippen LogP contribution in [-0.4, -0.2) is 30.1 Å². The van der Waals surface area contributed by atoms with Gasteiger partial charge in [0.2, 0.25) is 0 Å². The number of carboxylic acid groups (broad SMARTS) is 1. The fourth-order valence-corrected chi connectivity index (χ4v) is 0.649. The molecule has 3 nitrogen and oxygen atoms in total. The van der Waals surface area contributed by atoms with Crippen molar-refractivity contribution >= 4 is 14.6 Å². The van der Waals surface area contributed by atoms with Crippen molar-refractivity contribution < 1.29 is 9.90 Å². The van der Waals surface area contributed by atoms with Gasteiger partial charge in [-0.15, -0.1) is 8.58 Å². The highest BCUT2D eigenvalue weighted by molar-refractivity contribution is 7.37. The minimum Gasteiger partial charge on any atom is -0.480 e. The number of aliphatic carboxylic acids is 1. The third-order valence-corrected chi connectivity index (χ3v) is 2.06. The Hall–Kier alpha value is -0.140.